The molecule has 2 N–H and O–H groups in total. The number of carbonyl (C=O) groups is 5. The first-order chi connectivity index (χ1) is 22.3. The number of amides is 1. The number of esters is 4. The summed E-state index contributed by atoms with van der Waals surface area (Å²) in [7, 11) is 0. The fraction of sp³-hybridized carbons (Fsp3) is 0.607. The summed E-state index contributed by atoms with van der Waals surface area (Å²) in [6, 6.07) is 4.15. The lowest BCUT2D eigenvalue weighted by molar-refractivity contribution is -0.305. The van der Waals surface area contributed by atoms with E-state index in [4.69, 9.17) is 28.4 Å². The molecule has 2 aliphatic rings. The Balaban J connectivity index is 2.05. The Morgan fingerprint density at radius 1 is 0.872 bits per heavy atom. The van der Waals surface area contributed by atoms with Crippen molar-refractivity contribution in [3.8, 4) is 0 Å². The average molecular weight is 662 g/mol. The molecule has 47 heavy (non-hydrogen) atoms. The molecule has 0 aromatic heterocycles. The molecule has 1 saturated heterocycles. The van der Waals surface area contributed by atoms with E-state index in [1.807, 2.05) is 0 Å². The average Bonchev–Trinajstić information content (AvgIpc) is 2.99. The zero-order valence-electron chi connectivity index (χ0n) is 26.1. The fourth-order valence-electron chi connectivity index (χ4n) is 5.51. The van der Waals surface area contributed by atoms with Crippen LogP contribution in [0.15, 0.2) is 40.6 Å². The van der Waals surface area contributed by atoms with Crippen LogP contribution in [0.25, 0.3) is 20.9 Å². The Morgan fingerprint density at radius 2 is 1.45 bits per heavy atom. The molecule has 2 fully saturated rings. The predicted molar refractivity (Wildman–Crippen MR) is 156 cm³/mol. The number of azide groups is 2. The molecule has 3 rings (SSSR count). The van der Waals surface area contributed by atoms with E-state index in [-0.39, 0.29) is 12.0 Å². The third kappa shape index (κ3) is 9.54. The van der Waals surface area contributed by atoms with Gasteiger partial charge in [-0.2, -0.15) is 0 Å². The van der Waals surface area contributed by atoms with Crippen LogP contribution in [-0.4, -0.2) is 102 Å². The molecule has 1 amide bonds. The largest absolute Gasteiger partial charge is 0.460 e. The van der Waals surface area contributed by atoms with E-state index in [2.05, 4.69) is 25.4 Å². The molecular formula is C28H35N7O12. The van der Waals surface area contributed by atoms with Gasteiger partial charge in [0.05, 0.1) is 18.2 Å². The van der Waals surface area contributed by atoms with E-state index in [0.29, 0.717) is 0 Å². The molecule has 1 aromatic carbocycles. The quantitative estimate of drug-likeness (QED) is 0.113. The van der Waals surface area contributed by atoms with Gasteiger partial charge in [0.2, 0.25) is 0 Å². The van der Waals surface area contributed by atoms with Crippen LogP contribution in [-0.2, 0) is 47.6 Å². The molecule has 1 saturated carbocycles. The molecule has 1 heterocycles. The monoisotopic (exact) mass is 661 g/mol. The molecule has 1 aliphatic heterocycles. The van der Waals surface area contributed by atoms with Crippen LogP contribution in [0.2, 0.25) is 0 Å². The Morgan fingerprint density at radius 3 is 2.00 bits per heavy atom. The smallest absolute Gasteiger partial charge is 0.303 e. The number of aliphatic hydroxyl groups is 1. The first kappa shape index (κ1) is 36.5. The van der Waals surface area contributed by atoms with Crippen molar-refractivity contribution < 1.29 is 57.5 Å². The summed E-state index contributed by atoms with van der Waals surface area (Å²) in [6.45, 7) is 5.71. The van der Waals surface area contributed by atoms with Crippen molar-refractivity contribution in [3.05, 3.63) is 56.8 Å². The lowest BCUT2D eigenvalue weighted by atomic mass is 9.83. The van der Waals surface area contributed by atoms with Crippen LogP contribution in [0.1, 0.15) is 51.4 Å². The lowest BCUT2D eigenvalue weighted by Crippen LogP contribution is -2.66. The van der Waals surface area contributed by atoms with Gasteiger partial charge in [0.1, 0.15) is 24.4 Å². The van der Waals surface area contributed by atoms with Gasteiger partial charge >= 0.3 is 23.9 Å². The van der Waals surface area contributed by atoms with Gasteiger partial charge in [0.25, 0.3) is 5.91 Å². The Labute approximate surface area is 268 Å². The van der Waals surface area contributed by atoms with E-state index >= 15 is 0 Å². The highest BCUT2D eigenvalue weighted by molar-refractivity contribution is 5.94. The summed E-state index contributed by atoms with van der Waals surface area (Å²) >= 11 is 0. The molecule has 0 bridgehead atoms. The molecule has 1 aliphatic carbocycles. The van der Waals surface area contributed by atoms with Crippen LogP contribution >= 0.6 is 0 Å². The molecule has 19 heteroatoms. The summed E-state index contributed by atoms with van der Waals surface area (Å²) in [5.41, 5.74) is 19.1. The molecule has 1 aromatic rings. The minimum atomic E-state index is -1.79. The van der Waals surface area contributed by atoms with Crippen LogP contribution in [0.4, 0.5) is 0 Å². The highest BCUT2D eigenvalue weighted by Crippen LogP contribution is 2.36. The number of nitrogens with zero attached hydrogens (tertiary/aromatic N) is 6. The molecule has 6 unspecified atom stereocenters. The Hall–Kier alpha value is -4.93. The highest BCUT2D eigenvalue weighted by Gasteiger charge is 2.55. The van der Waals surface area contributed by atoms with E-state index in [1.165, 1.54) is 6.92 Å². The zero-order chi connectivity index (χ0) is 34.8. The van der Waals surface area contributed by atoms with Crippen molar-refractivity contribution in [2.24, 2.45) is 10.2 Å². The molecule has 0 spiro atoms. The third-order valence-electron chi connectivity index (χ3n) is 7.25. The fourth-order valence-corrected chi connectivity index (χ4v) is 5.51. The number of benzene rings is 1. The van der Waals surface area contributed by atoms with Crippen molar-refractivity contribution in [3.63, 3.8) is 0 Å². The van der Waals surface area contributed by atoms with E-state index < -0.39 is 96.9 Å². The van der Waals surface area contributed by atoms with Crippen LogP contribution in [0.3, 0.4) is 0 Å². The SMILES string of the molecule is CC(=O)OC1C(N=[N+]=[N-])[C@@H](O[C@@H]2C(N=[N+]=[N-])C[C@@H](NC(=O)c3ccccc3)C(OC(C)=O)C2O)OC([C@@H](C)OC(C)=O)[C@H]1OC(C)=O. The number of hydrogen-bond donors (Lipinski definition) is 2. The third-order valence-corrected chi connectivity index (χ3v) is 7.25. The minimum Gasteiger partial charge on any atom is -0.460 e. The van der Waals surface area contributed by atoms with E-state index in [9.17, 15) is 40.1 Å². The number of aliphatic hydroxyl groups excluding tert-OH is 1. The highest BCUT2D eigenvalue weighted by atomic mass is 16.7. The summed E-state index contributed by atoms with van der Waals surface area (Å²) in [6.07, 6.45) is -12.3. The second-order valence-electron chi connectivity index (χ2n) is 10.7. The van der Waals surface area contributed by atoms with Crippen LogP contribution in [0.5, 0.6) is 0 Å². The van der Waals surface area contributed by atoms with Crippen LogP contribution < -0.4 is 5.32 Å². The van der Waals surface area contributed by atoms with E-state index in [1.54, 1.807) is 30.3 Å². The maximum absolute atomic E-state index is 13.0. The topological polar surface area (TPSA) is 271 Å². The number of rotatable bonds is 11. The number of ether oxygens (including phenoxy) is 6. The number of nitrogens with one attached hydrogen (secondary N) is 1. The van der Waals surface area contributed by atoms with E-state index in [0.717, 1.165) is 27.7 Å². The number of carbonyl (C=O) groups excluding carboxylic acids is 5. The van der Waals surface area contributed by atoms with Crippen molar-refractivity contribution in [1.82, 2.24) is 5.32 Å². The summed E-state index contributed by atoms with van der Waals surface area (Å²) in [4.78, 5) is 66.7. The second kappa shape index (κ2) is 16.6. The van der Waals surface area contributed by atoms with Gasteiger partial charge < -0.3 is 38.8 Å². The molecule has 0 radical (unpaired) electrons. The molecule has 11 atom stereocenters. The standard InChI is InChI=1S/C28H35N7O12/c1-12(42-13(2)36)22-26(45-16(5)39)25(44-15(4)38)20(33-35-30)28(46-22)47-24-19(32-34-29)11-18(23(21(24)40)43-14(3)37)31-27(41)17-9-7-6-8-10-17/h6-10,12,18-26,28,40H,11H2,1-5H3,(H,31,41)/t12-,18-,19?,20?,21?,22?,23?,24-,25?,26-,28-/m1/s1. The lowest BCUT2D eigenvalue weighted by Gasteiger charge is -2.48. The number of hydrogen-bond acceptors (Lipinski definition) is 14. The van der Waals surface area contributed by atoms with Gasteiger partial charge in [-0.05, 0) is 36.5 Å². The van der Waals surface area contributed by atoms with Gasteiger partial charge in [-0.25, -0.2) is 0 Å². The van der Waals surface area contributed by atoms with Crippen molar-refractivity contribution in [2.75, 3.05) is 0 Å². The minimum absolute atomic E-state index is 0.210. The summed E-state index contributed by atoms with van der Waals surface area (Å²) in [5, 5.41) is 21.6. The molecule has 254 valence electrons. The van der Waals surface area contributed by atoms with Crippen LogP contribution in [0, 0.1) is 0 Å². The van der Waals surface area contributed by atoms with Crippen molar-refractivity contribution in [2.45, 2.75) is 108 Å². The van der Waals surface area contributed by atoms with Gasteiger partial charge in [0.15, 0.2) is 24.6 Å². The maximum atomic E-state index is 13.0. The predicted octanol–water partition coefficient (Wildman–Crippen LogP) is 1.76. The van der Waals surface area contributed by atoms with Gasteiger partial charge in [-0.3, -0.25) is 24.0 Å². The zero-order valence-corrected chi connectivity index (χ0v) is 26.1. The Kier molecular flexibility index (Phi) is 12.9. The normalized spacial score (nSPS) is 30.6. The van der Waals surface area contributed by atoms with Gasteiger partial charge in [-0.15, -0.1) is 0 Å². The second-order valence-corrected chi connectivity index (χ2v) is 10.7. The first-order valence-electron chi connectivity index (χ1n) is 14.4. The summed E-state index contributed by atoms with van der Waals surface area (Å²) < 4.78 is 33.5. The van der Waals surface area contributed by atoms with Gasteiger partial charge in [-0.1, -0.05) is 28.4 Å². The first-order valence-corrected chi connectivity index (χ1v) is 14.4. The maximum Gasteiger partial charge on any atom is 0.303 e. The molecule has 19 nitrogen and oxygen atoms in total. The van der Waals surface area contributed by atoms with Crippen molar-refractivity contribution >= 4 is 29.8 Å². The summed E-state index contributed by atoms with van der Waals surface area (Å²) in [5.74, 6) is -3.83. The van der Waals surface area contributed by atoms with Crippen molar-refractivity contribution in [1.29, 1.82) is 0 Å². The van der Waals surface area contributed by atoms with Gasteiger partial charge in [0, 0.05) is 43.1 Å². The Bertz CT molecular complexity index is 1420. The molecular weight excluding hydrogens is 626 g/mol.